The minimum atomic E-state index is -0.129. The molecule has 1 atom stereocenters. The lowest BCUT2D eigenvalue weighted by atomic mass is 10.3. The summed E-state index contributed by atoms with van der Waals surface area (Å²) in [6.45, 7) is 5.73. The summed E-state index contributed by atoms with van der Waals surface area (Å²) in [5.41, 5.74) is 1.22. The molecule has 1 unspecified atom stereocenters. The predicted octanol–water partition coefficient (Wildman–Crippen LogP) is 1.26. The highest BCUT2D eigenvalue weighted by Crippen LogP contribution is 2.18. The third-order valence-corrected chi connectivity index (χ3v) is 3.17. The molecule has 0 aromatic carbocycles. The molecule has 1 saturated carbocycles. The number of hydrogen-bond acceptors (Lipinski definition) is 2. The van der Waals surface area contributed by atoms with Gasteiger partial charge in [0, 0.05) is 31.0 Å². The summed E-state index contributed by atoms with van der Waals surface area (Å²) in [5.74, 6) is 0.113. The Bertz CT molecular complexity index is 382. The SMILES string of the molecule is CCn1cccc1CNC(C)C(=O)NC1CC1. The van der Waals surface area contributed by atoms with Crippen molar-refractivity contribution < 1.29 is 4.79 Å². The number of carbonyl (C=O) groups is 1. The summed E-state index contributed by atoms with van der Waals surface area (Å²) >= 11 is 0. The lowest BCUT2D eigenvalue weighted by molar-refractivity contribution is -0.122. The van der Waals surface area contributed by atoms with Gasteiger partial charge in [0.05, 0.1) is 6.04 Å². The van der Waals surface area contributed by atoms with E-state index in [9.17, 15) is 4.79 Å². The third-order valence-electron chi connectivity index (χ3n) is 3.17. The van der Waals surface area contributed by atoms with Crippen molar-refractivity contribution in [2.45, 2.75) is 51.9 Å². The summed E-state index contributed by atoms with van der Waals surface area (Å²) in [6.07, 6.45) is 4.33. The molecule has 0 aliphatic heterocycles. The maximum Gasteiger partial charge on any atom is 0.237 e. The largest absolute Gasteiger partial charge is 0.352 e. The van der Waals surface area contributed by atoms with E-state index in [1.807, 2.05) is 13.0 Å². The minimum absolute atomic E-state index is 0.113. The average Bonchev–Trinajstić information content (AvgIpc) is 3.02. The number of aryl methyl sites for hydroxylation is 1. The van der Waals surface area contributed by atoms with E-state index in [0.29, 0.717) is 6.04 Å². The van der Waals surface area contributed by atoms with Gasteiger partial charge < -0.3 is 15.2 Å². The summed E-state index contributed by atoms with van der Waals surface area (Å²) in [7, 11) is 0. The Morgan fingerprint density at radius 2 is 2.35 bits per heavy atom. The number of nitrogens with zero attached hydrogens (tertiary/aromatic N) is 1. The van der Waals surface area contributed by atoms with Gasteiger partial charge in [-0.1, -0.05) is 0 Å². The third kappa shape index (κ3) is 3.33. The average molecular weight is 235 g/mol. The Kier molecular flexibility index (Phi) is 3.84. The molecule has 1 fully saturated rings. The zero-order valence-electron chi connectivity index (χ0n) is 10.6. The van der Waals surface area contributed by atoms with E-state index >= 15 is 0 Å². The van der Waals surface area contributed by atoms with Gasteiger partial charge in [0.1, 0.15) is 0 Å². The Morgan fingerprint density at radius 3 is 3.00 bits per heavy atom. The first-order valence-corrected chi connectivity index (χ1v) is 6.38. The Hall–Kier alpha value is -1.29. The molecule has 1 aliphatic carbocycles. The van der Waals surface area contributed by atoms with Gasteiger partial charge in [-0.3, -0.25) is 4.79 Å². The van der Waals surface area contributed by atoms with Crippen LogP contribution < -0.4 is 10.6 Å². The lowest BCUT2D eigenvalue weighted by Gasteiger charge is -2.14. The zero-order valence-corrected chi connectivity index (χ0v) is 10.6. The molecule has 1 aliphatic rings. The molecule has 0 saturated heterocycles. The molecule has 94 valence electrons. The number of amides is 1. The molecule has 4 nitrogen and oxygen atoms in total. The summed E-state index contributed by atoms with van der Waals surface area (Å²) in [6, 6.07) is 4.43. The number of rotatable bonds is 6. The molecule has 4 heteroatoms. The highest BCUT2D eigenvalue weighted by molar-refractivity contribution is 5.81. The van der Waals surface area contributed by atoms with Crippen LogP contribution in [0.1, 0.15) is 32.4 Å². The van der Waals surface area contributed by atoms with Gasteiger partial charge in [-0.2, -0.15) is 0 Å². The second-order valence-corrected chi connectivity index (χ2v) is 4.67. The monoisotopic (exact) mass is 235 g/mol. The molecular formula is C13H21N3O. The van der Waals surface area contributed by atoms with Crippen LogP contribution in [0.4, 0.5) is 0 Å². The smallest absolute Gasteiger partial charge is 0.237 e. The topological polar surface area (TPSA) is 46.1 Å². The standard InChI is InChI=1S/C13H21N3O/c1-3-16-8-4-5-12(16)9-14-10(2)13(17)15-11-6-7-11/h4-5,8,10-11,14H,3,6-7,9H2,1-2H3,(H,15,17). The normalized spacial score (nSPS) is 16.8. The summed E-state index contributed by atoms with van der Waals surface area (Å²) in [5, 5.41) is 6.26. The van der Waals surface area contributed by atoms with Gasteiger partial charge in [0.25, 0.3) is 0 Å². The van der Waals surface area contributed by atoms with E-state index in [2.05, 4.69) is 34.4 Å². The van der Waals surface area contributed by atoms with Crippen LogP contribution in [-0.4, -0.2) is 22.6 Å². The highest BCUT2D eigenvalue weighted by Gasteiger charge is 2.25. The quantitative estimate of drug-likeness (QED) is 0.780. The molecule has 1 amide bonds. The van der Waals surface area contributed by atoms with E-state index in [-0.39, 0.29) is 11.9 Å². The van der Waals surface area contributed by atoms with Crippen molar-refractivity contribution in [1.82, 2.24) is 15.2 Å². The first-order chi connectivity index (χ1) is 8.20. The summed E-state index contributed by atoms with van der Waals surface area (Å²) in [4.78, 5) is 11.7. The fraction of sp³-hybridized carbons (Fsp3) is 0.615. The van der Waals surface area contributed by atoms with Crippen LogP contribution in [-0.2, 0) is 17.9 Å². The van der Waals surface area contributed by atoms with Gasteiger partial charge in [-0.05, 0) is 38.8 Å². The number of aromatic nitrogens is 1. The molecular weight excluding hydrogens is 214 g/mol. The van der Waals surface area contributed by atoms with E-state index in [1.54, 1.807) is 0 Å². The molecule has 2 rings (SSSR count). The number of nitrogens with one attached hydrogen (secondary N) is 2. The van der Waals surface area contributed by atoms with E-state index in [1.165, 1.54) is 5.69 Å². The zero-order chi connectivity index (χ0) is 12.3. The first kappa shape index (κ1) is 12.2. The maximum absolute atomic E-state index is 11.7. The van der Waals surface area contributed by atoms with Crippen LogP contribution in [0, 0.1) is 0 Å². The lowest BCUT2D eigenvalue weighted by Crippen LogP contribution is -2.42. The van der Waals surface area contributed by atoms with Crippen molar-refractivity contribution in [2.24, 2.45) is 0 Å². The van der Waals surface area contributed by atoms with Gasteiger partial charge in [0.15, 0.2) is 0 Å². The molecule has 1 aromatic rings. The van der Waals surface area contributed by atoms with Crippen LogP contribution in [0.5, 0.6) is 0 Å². The van der Waals surface area contributed by atoms with E-state index in [0.717, 1.165) is 25.9 Å². The van der Waals surface area contributed by atoms with Crippen molar-refractivity contribution in [3.63, 3.8) is 0 Å². The van der Waals surface area contributed by atoms with Gasteiger partial charge in [-0.15, -0.1) is 0 Å². The van der Waals surface area contributed by atoms with E-state index in [4.69, 9.17) is 0 Å². The first-order valence-electron chi connectivity index (χ1n) is 6.38. The number of hydrogen-bond donors (Lipinski definition) is 2. The predicted molar refractivity (Wildman–Crippen MR) is 67.6 cm³/mol. The van der Waals surface area contributed by atoms with Crippen molar-refractivity contribution in [1.29, 1.82) is 0 Å². The molecule has 2 N–H and O–H groups in total. The second kappa shape index (κ2) is 5.36. The van der Waals surface area contributed by atoms with Crippen molar-refractivity contribution in [2.75, 3.05) is 0 Å². The second-order valence-electron chi connectivity index (χ2n) is 4.67. The molecule has 0 radical (unpaired) electrons. The van der Waals surface area contributed by atoms with Gasteiger partial charge >= 0.3 is 0 Å². The molecule has 17 heavy (non-hydrogen) atoms. The van der Waals surface area contributed by atoms with Crippen molar-refractivity contribution >= 4 is 5.91 Å². The Balaban J connectivity index is 1.78. The van der Waals surface area contributed by atoms with Crippen LogP contribution in [0.15, 0.2) is 18.3 Å². The number of carbonyl (C=O) groups excluding carboxylic acids is 1. The summed E-state index contributed by atoms with van der Waals surface area (Å²) < 4.78 is 2.18. The van der Waals surface area contributed by atoms with Crippen LogP contribution in [0.3, 0.4) is 0 Å². The minimum Gasteiger partial charge on any atom is -0.352 e. The highest BCUT2D eigenvalue weighted by atomic mass is 16.2. The van der Waals surface area contributed by atoms with Gasteiger partial charge in [0.2, 0.25) is 5.91 Å². The van der Waals surface area contributed by atoms with Gasteiger partial charge in [-0.25, -0.2) is 0 Å². The Labute approximate surface area is 102 Å². The molecule has 0 bridgehead atoms. The fourth-order valence-electron chi connectivity index (χ4n) is 1.82. The van der Waals surface area contributed by atoms with Crippen molar-refractivity contribution in [3.05, 3.63) is 24.0 Å². The maximum atomic E-state index is 11.7. The van der Waals surface area contributed by atoms with Crippen LogP contribution in [0.2, 0.25) is 0 Å². The van der Waals surface area contributed by atoms with E-state index < -0.39 is 0 Å². The fourth-order valence-corrected chi connectivity index (χ4v) is 1.82. The molecule has 1 aromatic heterocycles. The molecule has 0 spiro atoms. The molecule has 1 heterocycles. The van der Waals surface area contributed by atoms with Crippen LogP contribution >= 0.6 is 0 Å². The van der Waals surface area contributed by atoms with Crippen molar-refractivity contribution in [3.8, 4) is 0 Å². The van der Waals surface area contributed by atoms with Crippen LogP contribution in [0.25, 0.3) is 0 Å². The Morgan fingerprint density at radius 1 is 1.59 bits per heavy atom.